The van der Waals surface area contributed by atoms with Crippen LogP contribution in [0.2, 0.25) is 0 Å². The van der Waals surface area contributed by atoms with Crippen molar-refractivity contribution < 1.29 is 19.1 Å². The quantitative estimate of drug-likeness (QED) is 0.189. The van der Waals surface area contributed by atoms with Crippen molar-refractivity contribution >= 4 is 29.5 Å². The van der Waals surface area contributed by atoms with Crippen LogP contribution >= 0.6 is 0 Å². The Kier molecular flexibility index (Phi) is 10.4. The number of imidazole rings is 2. The predicted octanol–water partition coefficient (Wildman–Crippen LogP) is 7.17. The number of hydrogen-bond donors (Lipinski definition) is 2. The third kappa shape index (κ3) is 7.33. The lowest BCUT2D eigenvalue weighted by Crippen LogP contribution is -2.36. The van der Waals surface area contributed by atoms with Gasteiger partial charge in [0.2, 0.25) is 0 Å². The fourth-order valence-corrected chi connectivity index (χ4v) is 8.64. The standard InChI is InChI=1S/C42H52FN7O3/c1-25(2)50-20-18-38-36(24-50)45-40(48(38)6)41(51)46-34-12-8-11-32(27(34)4)31-10-7-9-30(26(31)3)21-33(43)39-44-35-23-49(19-17-37(35)47(39)5)22-28-13-15-29(16-14-28)42(52)53/h7-12,21,25,28-29H,13-20,22-24H2,1-6H3,(H,46,51)(H,52,53)/b33-21-. The number of halogens is 1. The zero-order valence-electron chi connectivity index (χ0n) is 31.9. The number of nitrogens with one attached hydrogen (secondary N) is 1. The van der Waals surface area contributed by atoms with Gasteiger partial charge in [0.05, 0.1) is 17.3 Å². The molecule has 2 aliphatic heterocycles. The Balaban J connectivity index is 1.07. The number of carboxylic acids is 1. The van der Waals surface area contributed by atoms with E-state index in [9.17, 15) is 14.7 Å². The smallest absolute Gasteiger partial charge is 0.306 e. The Hall–Kier alpha value is -4.61. The lowest BCUT2D eigenvalue weighted by atomic mass is 9.81. The SMILES string of the molecule is Cc1c(/C=C(\F)c2nc3c(n2C)CCN(CC2CCC(C(=O)O)CC2)C3)cccc1-c1cccc(NC(=O)c2nc3c(n2C)CCN(C(C)C)C3)c1C. The number of carbonyl (C=O) groups excluding carboxylic acids is 1. The molecule has 2 aromatic heterocycles. The fraction of sp³-hybridized carbons (Fsp3) is 0.476. The number of carboxylic acid groups (broad SMARTS) is 1. The second kappa shape index (κ2) is 15.0. The Morgan fingerprint density at radius 3 is 2.21 bits per heavy atom. The van der Waals surface area contributed by atoms with Gasteiger partial charge in [-0.1, -0.05) is 30.3 Å². The van der Waals surface area contributed by atoms with Gasteiger partial charge >= 0.3 is 5.97 Å². The molecule has 53 heavy (non-hydrogen) atoms. The molecule has 280 valence electrons. The highest BCUT2D eigenvalue weighted by Gasteiger charge is 2.30. The summed E-state index contributed by atoms with van der Waals surface area (Å²) >= 11 is 0. The number of aromatic nitrogens is 4. The van der Waals surface area contributed by atoms with Gasteiger partial charge in [-0.25, -0.2) is 14.4 Å². The summed E-state index contributed by atoms with van der Waals surface area (Å²) in [4.78, 5) is 39.3. The summed E-state index contributed by atoms with van der Waals surface area (Å²) in [6.45, 7) is 12.6. The first-order valence-electron chi connectivity index (χ1n) is 19.1. The first-order chi connectivity index (χ1) is 25.4. The Morgan fingerprint density at radius 2 is 1.51 bits per heavy atom. The highest BCUT2D eigenvalue weighted by Crippen LogP contribution is 2.35. The maximum Gasteiger partial charge on any atom is 0.306 e. The molecule has 2 N–H and O–H groups in total. The molecule has 4 heterocycles. The largest absolute Gasteiger partial charge is 0.481 e. The maximum atomic E-state index is 16.1. The highest BCUT2D eigenvalue weighted by atomic mass is 19.1. The monoisotopic (exact) mass is 721 g/mol. The Morgan fingerprint density at radius 1 is 0.887 bits per heavy atom. The third-order valence-corrected chi connectivity index (χ3v) is 12.0. The molecule has 2 aromatic carbocycles. The number of fused-ring (bicyclic) bond motifs is 2. The van der Waals surface area contributed by atoms with E-state index in [0.717, 1.165) is 115 Å². The van der Waals surface area contributed by atoms with E-state index < -0.39 is 5.97 Å². The van der Waals surface area contributed by atoms with Gasteiger partial charge in [0, 0.05) is 82.8 Å². The Bertz CT molecular complexity index is 2070. The van der Waals surface area contributed by atoms with Crippen LogP contribution in [-0.2, 0) is 44.8 Å². The van der Waals surface area contributed by atoms with Crippen LogP contribution in [0.1, 0.15) is 95.4 Å². The molecular weight excluding hydrogens is 670 g/mol. The number of rotatable bonds is 9. The van der Waals surface area contributed by atoms with Gasteiger partial charge in [0.1, 0.15) is 0 Å². The molecule has 0 radical (unpaired) electrons. The molecule has 0 spiro atoms. The number of aliphatic carboxylic acids is 1. The fourth-order valence-electron chi connectivity index (χ4n) is 8.64. The van der Waals surface area contributed by atoms with Crippen LogP contribution in [-0.4, -0.2) is 71.6 Å². The summed E-state index contributed by atoms with van der Waals surface area (Å²) in [5.41, 5.74) is 9.34. The molecule has 10 nitrogen and oxygen atoms in total. The number of carbonyl (C=O) groups is 2. The van der Waals surface area contributed by atoms with E-state index in [2.05, 4.69) is 29.0 Å². The lowest BCUT2D eigenvalue weighted by Gasteiger charge is -2.33. The van der Waals surface area contributed by atoms with Crippen LogP contribution in [0.3, 0.4) is 0 Å². The molecule has 1 amide bonds. The van der Waals surface area contributed by atoms with E-state index >= 15 is 4.39 Å². The van der Waals surface area contributed by atoms with Crippen LogP contribution in [0.25, 0.3) is 23.0 Å². The topological polar surface area (TPSA) is 109 Å². The molecule has 0 atom stereocenters. The number of nitrogens with zero attached hydrogens (tertiary/aromatic N) is 6. The first-order valence-corrected chi connectivity index (χ1v) is 19.1. The zero-order chi connectivity index (χ0) is 37.6. The van der Waals surface area contributed by atoms with Crippen LogP contribution in [0.15, 0.2) is 36.4 Å². The van der Waals surface area contributed by atoms with Crippen molar-refractivity contribution in [3.63, 3.8) is 0 Å². The van der Waals surface area contributed by atoms with Gasteiger partial charge in [0.15, 0.2) is 17.5 Å². The minimum absolute atomic E-state index is 0.210. The molecule has 7 rings (SSSR count). The van der Waals surface area contributed by atoms with Crippen LogP contribution in [0.5, 0.6) is 0 Å². The number of benzene rings is 2. The molecule has 11 heteroatoms. The Labute approximate surface area is 311 Å². The van der Waals surface area contributed by atoms with Gasteiger partial charge in [-0.05, 0) is 99.3 Å². The highest BCUT2D eigenvalue weighted by molar-refractivity contribution is 6.03. The normalized spacial score (nSPS) is 19.7. The number of amides is 1. The number of hydrogen-bond acceptors (Lipinski definition) is 6. The van der Waals surface area contributed by atoms with Gasteiger partial charge < -0.3 is 19.6 Å². The minimum Gasteiger partial charge on any atom is -0.481 e. The van der Waals surface area contributed by atoms with E-state index in [-0.39, 0.29) is 17.7 Å². The summed E-state index contributed by atoms with van der Waals surface area (Å²) in [5.74, 6) is -0.272. The third-order valence-electron chi connectivity index (χ3n) is 12.0. The summed E-state index contributed by atoms with van der Waals surface area (Å²) in [6, 6.07) is 12.2. The molecule has 3 aliphatic rings. The van der Waals surface area contributed by atoms with Gasteiger partial charge in [0.25, 0.3) is 5.91 Å². The van der Waals surface area contributed by atoms with Crippen molar-refractivity contribution in [2.75, 3.05) is 25.0 Å². The molecule has 1 fully saturated rings. The summed E-state index contributed by atoms with van der Waals surface area (Å²) < 4.78 is 20.0. The molecule has 0 unspecified atom stereocenters. The van der Waals surface area contributed by atoms with E-state index in [4.69, 9.17) is 9.97 Å². The van der Waals surface area contributed by atoms with Crippen molar-refractivity contribution in [1.29, 1.82) is 0 Å². The van der Waals surface area contributed by atoms with Crippen LogP contribution < -0.4 is 5.32 Å². The molecule has 1 aliphatic carbocycles. The summed E-state index contributed by atoms with van der Waals surface area (Å²) in [6.07, 6.45) is 6.61. The number of anilines is 1. The molecular formula is C42H52FN7O3. The first kappa shape index (κ1) is 36.7. The predicted molar refractivity (Wildman–Crippen MR) is 206 cm³/mol. The summed E-state index contributed by atoms with van der Waals surface area (Å²) in [7, 11) is 3.81. The second-order valence-corrected chi connectivity index (χ2v) is 15.6. The van der Waals surface area contributed by atoms with Gasteiger partial charge in [-0.2, -0.15) is 0 Å². The molecule has 0 saturated heterocycles. The minimum atomic E-state index is -0.674. The average molecular weight is 722 g/mol. The lowest BCUT2D eigenvalue weighted by molar-refractivity contribution is -0.143. The maximum absolute atomic E-state index is 16.1. The van der Waals surface area contributed by atoms with Crippen LogP contribution in [0.4, 0.5) is 10.1 Å². The zero-order valence-corrected chi connectivity index (χ0v) is 31.9. The molecule has 4 aromatic rings. The van der Waals surface area contributed by atoms with E-state index in [1.54, 1.807) is 6.08 Å². The van der Waals surface area contributed by atoms with E-state index in [1.165, 1.54) is 0 Å². The van der Waals surface area contributed by atoms with Gasteiger partial charge in [-0.15, -0.1) is 0 Å². The van der Waals surface area contributed by atoms with Crippen molar-refractivity contribution in [2.45, 2.75) is 85.4 Å². The molecule has 0 bridgehead atoms. The van der Waals surface area contributed by atoms with Crippen molar-refractivity contribution in [3.8, 4) is 11.1 Å². The van der Waals surface area contributed by atoms with Crippen molar-refractivity contribution in [3.05, 3.63) is 87.5 Å². The van der Waals surface area contributed by atoms with E-state index in [0.29, 0.717) is 35.8 Å². The molecule has 1 saturated carbocycles. The average Bonchev–Trinajstić information content (AvgIpc) is 3.65. The second-order valence-electron chi connectivity index (χ2n) is 15.6. The van der Waals surface area contributed by atoms with Crippen LogP contribution in [0, 0.1) is 25.7 Å². The van der Waals surface area contributed by atoms with Gasteiger partial charge in [-0.3, -0.25) is 19.4 Å². The van der Waals surface area contributed by atoms with E-state index in [1.807, 2.05) is 73.5 Å². The van der Waals surface area contributed by atoms with Crippen molar-refractivity contribution in [2.24, 2.45) is 25.9 Å². The van der Waals surface area contributed by atoms with Crippen molar-refractivity contribution in [1.82, 2.24) is 28.9 Å². The summed E-state index contributed by atoms with van der Waals surface area (Å²) in [5, 5.41) is 12.5.